The van der Waals surface area contributed by atoms with Gasteiger partial charge < -0.3 is 14.8 Å². The summed E-state index contributed by atoms with van der Waals surface area (Å²) >= 11 is 2.17. The van der Waals surface area contributed by atoms with E-state index < -0.39 is 0 Å². The van der Waals surface area contributed by atoms with Gasteiger partial charge in [0.25, 0.3) is 0 Å². The summed E-state index contributed by atoms with van der Waals surface area (Å²) in [5, 5.41) is 12.3. The fraction of sp³-hybridized carbons (Fsp3) is 1.00. The van der Waals surface area contributed by atoms with Crippen molar-refractivity contribution >= 4 is 11.8 Å². The number of piperidine rings is 1. The lowest BCUT2D eigenvalue weighted by atomic mass is 9.83. The Morgan fingerprint density at radius 2 is 1.85 bits per heavy atom. The van der Waals surface area contributed by atoms with Crippen LogP contribution >= 0.6 is 11.8 Å². The lowest BCUT2D eigenvalue weighted by Crippen LogP contribution is -2.59. The zero-order valence-electron chi connectivity index (χ0n) is 15.7. The number of nitrogens with one attached hydrogen (secondary N) is 3. The van der Waals surface area contributed by atoms with Crippen molar-refractivity contribution in [1.29, 1.82) is 0 Å². The van der Waals surface area contributed by atoms with E-state index in [9.17, 15) is 0 Å². The Morgan fingerprint density at radius 1 is 1.00 bits per heavy atom. The molecule has 5 unspecified atom stereocenters. The van der Waals surface area contributed by atoms with Crippen molar-refractivity contribution in [2.24, 2.45) is 11.8 Å². The molecule has 5 aliphatic rings. The minimum atomic E-state index is 0.230. The van der Waals surface area contributed by atoms with Gasteiger partial charge in [-0.15, -0.1) is 11.8 Å². The average Bonchev–Trinajstić information content (AvgIpc) is 3.09. The Morgan fingerprint density at radius 3 is 2.69 bits per heavy atom. The fourth-order valence-corrected chi connectivity index (χ4v) is 7.53. The van der Waals surface area contributed by atoms with Crippen molar-refractivity contribution in [3.8, 4) is 0 Å². The molecule has 0 radical (unpaired) electrons. The molecule has 6 nitrogen and oxygen atoms in total. The summed E-state index contributed by atoms with van der Waals surface area (Å²) in [6.07, 6.45) is 6.96. The molecule has 1 saturated carbocycles. The summed E-state index contributed by atoms with van der Waals surface area (Å²) in [4.78, 5) is 2.64. The number of thioether (sulfide) groups is 1. The highest BCUT2D eigenvalue weighted by Gasteiger charge is 2.50. The number of hydrogen-bond acceptors (Lipinski definition) is 7. The van der Waals surface area contributed by atoms with Gasteiger partial charge in [-0.05, 0) is 51.1 Å². The highest BCUT2D eigenvalue weighted by atomic mass is 32.2. The summed E-state index contributed by atoms with van der Waals surface area (Å²) in [6, 6.07) is 0.751. The lowest BCUT2D eigenvalue weighted by Gasteiger charge is -2.43. The summed E-state index contributed by atoms with van der Waals surface area (Å²) in [7, 11) is 0. The molecule has 1 aliphatic carbocycles. The van der Waals surface area contributed by atoms with E-state index in [-0.39, 0.29) is 6.23 Å². The number of nitrogens with zero attached hydrogens (tertiary/aromatic N) is 1. The molecule has 0 aromatic heterocycles. The van der Waals surface area contributed by atoms with E-state index in [1.807, 2.05) is 0 Å². The van der Waals surface area contributed by atoms with Crippen molar-refractivity contribution < 1.29 is 9.47 Å². The van der Waals surface area contributed by atoms with Crippen molar-refractivity contribution in [3.63, 3.8) is 0 Å². The molecule has 148 valence electrons. The Bertz CT molecular complexity index is 470. The Kier molecular flexibility index (Phi) is 5.75. The van der Waals surface area contributed by atoms with Crippen LogP contribution < -0.4 is 16.0 Å². The smallest absolute Gasteiger partial charge is 0.115 e. The van der Waals surface area contributed by atoms with Crippen LogP contribution in [-0.4, -0.2) is 80.0 Å². The van der Waals surface area contributed by atoms with Gasteiger partial charge >= 0.3 is 0 Å². The Balaban J connectivity index is 1.16. The third-order valence-corrected chi connectivity index (χ3v) is 8.84. The highest BCUT2D eigenvalue weighted by Crippen LogP contribution is 2.47. The first-order valence-electron chi connectivity index (χ1n) is 10.7. The molecule has 5 fully saturated rings. The molecule has 0 aromatic rings. The first-order chi connectivity index (χ1) is 12.9. The molecule has 7 heteroatoms. The summed E-state index contributed by atoms with van der Waals surface area (Å²) in [5.74, 6) is 1.34. The first kappa shape index (κ1) is 18.2. The van der Waals surface area contributed by atoms with Gasteiger partial charge in [0.05, 0.1) is 24.7 Å². The lowest BCUT2D eigenvalue weighted by molar-refractivity contribution is -0.105. The topological polar surface area (TPSA) is 57.8 Å². The van der Waals surface area contributed by atoms with Crippen LogP contribution in [0.25, 0.3) is 0 Å². The molecule has 4 heterocycles. The zero-order valence-corrected chi connectivity index (χ0v) is 16.5. The number of rotatable bonds is 3. The van der Waals surface area contributed by atoms with Gasteiger partial charge in [0.1, 0.15) is 6.23 Å². The molecule has 0 amide bonds. The second kappa shape index (κ2) is 8.23. The van der Waals surface area contributed by atoms with Crippen LogP contribution in [0.5, 0.6) is 0 Å². The van der Waals surface area contributed by atoms with Crippen molar-refractivity contribution in [1.82, 2.24) is 20.9 Å². The Hall–Kier alpha value is 0.110. The quantitative estimate of drug-likeness (QED) is 0.667. The molecule has 0 spiro atoms. The van der Waals surface area contributed by atoms with E-state index in [4.69, 9.17) is 9.47 Å². The second-order valence-electron chi connectivity index (χ2n) is 8.55. The minimum Gasteiger partial charge on any atom is -0.379 e. The molecule has 4 aliphatic heterocycles. The summed E-state index contributed by atoms with van der Waals surface area (Å²) in [6.45, 7) is 7.27. The molecule has 5 rings (SSSR count). The van der Waals surface area contributed by atoms with Crippen LogP contribution in [0, 0.1) is 11.8 Å². The molecule has 0 aromatic carbocycles. The van der Waals surface area contributed by atoms with E-state index in [1.54, 1.807) is 0 Å². The number of hydrogen-bond donors (Lipinski definition) is 3. The molecular formula is C19H34N4O2S. The third kappa shape index (κ3) is 3.69. The number of ether oxygens (including phenoxy) is 2. The average molecular weight is 383 g/mol. The standard InChI is InChI=1S/C19H34N4O2S/c1-3-14(4-2-13(1)23-7-9-24-10-8-23)25-18-17-15-11-20-6-5-16(15)26-19(17)22-12-21-18/h13-22H,1-12H2. The van der Waals surface area contributed by atoms with Gasteiger partial charge in [-0.1, -0.05) is 0 Å². The van der Waals surface area contributed by atoms with Crippen LogP contribution in [-0.2, 0) is 9.47 Å². The fourth-order valence-electron chi connectivity index (χ4n) is 5.71. The minimum absolute atomic E-state index is 0.230. The van der Waals surface area contributed by atoms with E-state index in [0.717, 1.165) is 56.7 Å². The van der Waals surface area contributed by atoms with Crippen LogP contribution in [0.3, 0.4) is 0 Å². The van der Waals surface area contributed by atoms with Gasteiger partial charge in [0.2, 0.25) is 0 Å². The Labute approximate surface area is 161 Å². The summed E-state index contributed by atoms with van der Waals surface area (Å²) < 4.78 is 12.2. The SMILES string of the molecule is C1CC2SC3NCNC(OC4CCC(N5CCOCC5)CC4)C3C2CN1. The monoisotopic (exact) mass is 382 g/mol. The molecule has 3 N–H and O–H groups in total. The molecule has 4 saturated heterocycles. The van der Waals surface area contributed by atoms with E-state index >= 15 is 0 Å². The van der Waals surface area contributed by atoms with Gasteiger partial charge in [-0.2, -0.15) is 0 Å². The predicted octanol–water partition coefficient (Wildman–Crippen LogP) is 0.790. The van der Waals surface area contributed by atoms with Crippen LogP contribution in [0.2, 0.25) is 0 Å². The van der Waals surface area contributed by atoms with Crippen LogP contribution in [0.15, 0.2) is 0 Å². The van der Waals surface area contributed by atoms with Gasteiger partial charge in [-0.25, -0.2) is 0 Å². The number of fused-ring (bicyclic) bond motifs is 3. The van der Waals surface area contributed by atoms with E-state index in [2.05, 4.69) is 32.6 Å². The third-order valence-electron chi connectivity index (χ3n) is 7.13. The van der Waals surface area contributed by atoms with Crippen LogP contribution in [0.1, 0.15) is 32.1 Å². The van der Waals surface area contributed by atoms with Gasteiger partial charge in [-0.3, -0.25) is 15.5 Å². The first-order valence-corrected chi connectivity index (χ1v) is 11.6. The maximum atomic E-state index is 6.70. The number of morpholine rings is 1. The normalized spacial score (nSPS) is 47.3. The van der Waals surface area contributed by atoms with Crippen LogP contribution in [0.4, 0.5) is 0 Å². The molecule has 0 bridgehead atoms. The summed E-state index contributed by atoms with van der Waals surface area (Å²) in [5.41, 5.74) is 0. The largest absolute Gasteiger partial charge is 0.379 e. The molecule has 5 atom stereocenters. The van der Waals surface area contributed by atoms with Gasteiger partial charge in [0, 0.05) is 37.0 Å². The van der Waals surface area contributed by atoms with Gasteiger partial charge in [0.15, 0.2) is 0 Å². The molecule has 26 heavy (non-hydrogen) atoms. The van der Waals surface area contributed by atoms with Crippen molar-refractivity contribution in [2.45, 2.75) is 61.1 Å². The maximum Gasteiger partial charge on any atom is 0.115 e. The predicted molar refractivity (Wildman–Crippen MR) is 104 cm³/mol. The highest BCUT2D eigenvalue weighted by molar-refractivity contribution is 8.00. The molecular weight excluding hydrogens is 348 g/mol. The van der Waals surface area contributed by atoms with Crippen molar-refractivity contribution in [3.05, 3.63) is 0 Å². The van der Waals surface area contributed by atoms with Crippen molar-refractivity contribution in [2.75, 3.05) is 46.1 Å². The van der Waals surface area contributed by atoms with E-state index in [0.29, 0.717) is 17.4 Å². The zero-order chi connectivity index (χ0) is 17.3. The van der Waals surface area contributed by atoms with E-state index in [1.165, 1.54) is 38.6 Å². The second-order valence-corrected chi connectivity index (χ2v) is 9.94. The maximum absolute atomic E-state index is 6.70.